The van der Waals surface area contributed by atoms with E-state index in [4.69, 9.17) is 7.85 Å². The summed E-state index contributed by atoms with van der Waals surface area (Å²) in [5.74, 6) is -0.00338. The van der Waals surface area contributed by atoms with Crippen molar-refractivity contribution in [1.82, 2.24) is 14.8 Å². The number of thiophene rings is 1. The van der Waals surface area contributed by atoms with Gasteiger partial charge in [-0.3, -0.25) is 0 Å². The molecule has 32 heavy (non-hydrogen) atoms. The predicted molar refractivity (Wildman–Crippen MR) is 117 cm³/mol. The van der Waals surface area contributed by atoms with Gasteiger partial charge in [-0.15, -0.1) is 13.2 Å². The summed E-state index contributed by atoms with van der Waals surface area (Å²) in [5.41, 5.74) is 3.16. The van der Waals surface area contributed by atoms with Crippen molar-refractivity contribution in [3.63, 3.8) is 0 Å². The number of halogens is 4. The van der Waals surface area contributed by atoms with Crippen LogP contribution in [0.4, 0.5) is 17.6 Å². The highest BCUT2D eigenvalue weighted by Gasteiger charge is 2.31. The van der Waals surface area contributed by atoms with Gasteiger partial charge in [0, 0.05) is 17.5 Å². The normalized spacial score (nSPS) is 11.7. The molecule has 0 bridgehead atoms. The number of nitrogens with zero attached hydrogens (tertiary/aromatic N) is 3. The van der Waals surface area contributed by atoms with Crippen LogP contribution >= 0.6 is 11.3 Å². The number of rotatable bonds is 4. The van der Waals surface area contributed by atoms with Gasteiger partial charge in [-0.2, -0.15) is 16.4 Å². The molecule has 0 aliphatic rings. The maximum absolute atomic E-state index is 14.4. The van der Waals surface area contributed by atoms with Crippen LogP contribution in [-0.2, 0) is 7.05 Å². The largest absolute Gasteiger partial charge is 0.573 e. The minimum atomic E-state index is -4.75. The minimum Gasteiger partial charge on any atom is -0.406 e. The Bertz CT molecular complexity index is 1280. The second kappa shape index (κ2) is 8.09. The molecule has 2 aromatic heterocycles. The molecule has 4 rings (SSSR count). The molecule has 2 heterocycles. The van der Waals surface area contributed by atoms with E-state index >= 15 is 0 Å². The summed E-state index contributed by atoms with van der Waals surface area (Å²) < 4.78 is 57.6. The number of hydrogen-bond acceptors (Lipinski definition) is 4. The lowest BCUT2D eigenvalue weighted by atomic mass is 9.97. The van der Waals surface area contributed by atoms with Crippen molar-refractivity contribution in [2.24, 2.45) is 7.05 Å². The number of benzene rings is 2. The van der Waals surface area contributed by atoms with E-state index < -0.39 is 12.2 Å². The lowest BCUT2D eigenvalue weighted by Gasteiger charge is -2.09. The summed E-state index contributed by atoms with van der Waals surface area (Å²) in [6.45, 7) is 3.63. The maximum atomic E-state index is 14.4. The summed E-state index contributed by atoms with van der Waals surface area (Å²) in [5, 5.41) is 4.38. The van der Waals surface area contributed by atoms with Crippen LogP contribution in [0.1, 0.15) is 11.1 Å². The molecule has 0 atom stereocenters. The van der Waals surface area contributed by atoms with Gasteiger partial charge >= 0.3 is 6.36 Å². The Morgan fingerprint density at radius 3 is 2.34 bits per heavy atom. The fourth-order valence-electron chi connectivity index (χ4n) is 3.52. The Morgan fingerprint density at radius 2 is 1.72 bits per heavy atom. The second-order valence-corrected chi connectivity index (χ2v) is 8.23. The molecular formula is C22H16BF4N3OS. The third kappa shape index (κ3) is 4.14. The van der Waals surface area contributed by atoms with Gasteiger partial charge in [0.25, 0.3) is 0 Å². The lowest BCUT2D eigenvalue weighted by molar-refractivity contribution is -0.274. The maximum Gasteiger partial charge on any atom is 0.573 e. The van der Waals surface area contributed by atoms with Crippen molar-refractivity contribution in [3.8, 4) is 39.0 Å². The number of alkyl halides is 3. The van der Waals surface area contributed by atoms with Crippen LogP contribution in [0.15, 0.2) is 42.5 Å². The Hall–Kier alpha value is -3.14. The number of aryl methyl sites for hydroxylation is 2. The summed E-state index contributed by atoms with van der Waals surface area (Å²) in [7, 11) is 7.99. The van der Waals surface area contributed by atoms with Crippen molar-refractivity contribution in [2.45, 2.75) is 20.2 Å². The molecule has 2 radical (unpaired) electrons. The molecule has 0 aliphatic heterocycles. The van der Waals surface area contributed by atoms with Gasteiger partial charge in [-0.05, 0) is 65.6 Å². The average molecular weight is 457 g/mol. The summed E-state index contributed by atoms with van der Waals surface area (Å²) in [6.07, 6.45) is -4.75. The first-order valence-corrected chi connectivity index (χ1v) is 10.3. The molecule has 0 aliphatic carbocycles. The van der Waals surface area contributed by atoms with Crippen molar-refractivity contribution in [1.29, 1.82) is 0 Å². The Morgan fingerprint density at radius 1 is 1.03 bits per heavy atom. The van der Waals surface area contributed by atoms with Gasteiger partial charge in [0.2, 0.25) is 0 Å². The molecule has 0 amide bonds. The highest BCUT2D eigenvalue weighted by atomic mass is 32.1. The molecule has 0 saturated heterocycles. The smallest absolute Gasteiger partial charge is 0.406 e. The molecular weight excluding hydrogens is 441 g/mol. The van der Waals surface area contributed by atoms with E-state index in [1.54, 1.807) is 26.1 Å². The van der Waals surface area contributed by atoms with E-state index in [0.717, 1.165) is 10.4 Å². The first-order chi connectivity index (χ1) is 15.0. The van der Waals surface area contributed by atoms with Crippen LogP contribution in [0.2, 0.25) is 0 Å². The predicted octanol–water partition coefficient (Wildman–Crippen LogP) is 5.33. The molecule has 4 nitrogen and oxygen atoms in total. The monoisotopic (exact) mass is 457 g/mol. The summed E-state index contributed by atoms with van der Waals surface area (Å²) in [4.78, 5) is 5.33. The first kappa shape index (κ1) is 22.1. The van der Waals surface area contributed by atoms with Gasteiger partial charge < -0.3 is 4.74 Å². The van der Waals surface area contributed by atoms with Gasteiger partial charge in [0.05, 0.1) is 5.56 Å². The van der Waals surface area contributed by atoms with E-state index in [9.17, 15) is 17.6 Å². The first-order valence-electron chi connectivity index (χ1n) is 9.47. The van der Waals surface area contributed by atoms with Crippen molar-refractivity contribution < 1.29 is 22.3 Å². The molecule has 2 aromatic carbocycles. The third-order valence-electron chi connectivity index (χ3n) is 4.96. The number of aromatic nitrogens is 3. The molecule has 10 heteroatoms. The second-order valence-electron chi connectivity index (χ2n) is 7.18. The van der Waals surface area contributed by atoms with E-state index in [-0.39, 0.29) is 11.6 Å². The fraction of sp³-hybridized carbons (Fsp3) is 0.182. The van der Waals surface area contributed by atoms with E-state index in [1.807, 2.05) is 6.92 Å². The van der Waals surface area contributed by atoms with Gasteiger partial charge in [-0.25, -0.2) is 14.1 Å². The van der Waals surface area contributed by atoms with Gasteiger partial charge in [0.1, 0.15) is 19.4 Å². The van der Waals surface area contributed by atoms with Crippen LogP contribution in [-0.4, -0.2) is 29.0 Å². The molecule has 162 valence electrons. The van der Waals surface area contributed by atoms with E-state index in [0.29, 0.717) is 32.9 Å². The highest BCUT2D eigenvalue weighted by molar-refractivity contribution is 7.24. The standard InChI is InChI=1S/C22H16BF4N3OS/c1-11-5-4-6-15(24)16(11)20-28-21(30(3)29-20)17-12(2)18(32-19(17)23)13-7-9-14(10-8-13)31-22(25,26)27/h4-10H,1-3H3. The Kier molecular flexibility index (Phi) is 5.58. The van der Waals surface area contributed by atoms with E-state index in [1.165, 1.54) is 46.4 Å². The topological polar surface area (TPSA) is 39.9 Å². The summed E-state index contributed by atoms with van der Waals surface area (Å²) >= 11 is 1.29. The average Bonchev–Trinajstić information content (AvgIpc) is 3.20. The molecule has 0 saturated carbocycles. The van der Waals surface area contributed by atoms with Crippen LogP contribution in [0, 0.1) is 19.7 Å². The Labute approximate surface area is 186 Å². The lowest BCUT2D eigenvalue weighted by Crippen LogP contribution is -2.16. The zero-order chi connectivity index (χ0) is 23.2. The SMILES string of the molecule is [B]c1sc(-c2ccc(OC(F)(F)F)cc2)c(C)c1-c1nc(-c2c(C)cccc2F)nn1C. The van der Waals surface area contributed by atoms with E-state index in [2.05, 4.69) is 14.8 Å². The number of hydrogen-bond donors (Lipinski definition) is 0. The third-order valence-corrected chi connectivity index (χ3v) is 6.13. The quantitative estimate of drug-likeness (QED) is 0.308. The fourth-order valence-corrected chi connectivity index (χ4v) is 4.60. The van der Waals surface area contributed by atoms with Crippen LogP contribution in [0.5, 0.6) is 5.75 Å². The van der Waals surface area contributed by atoms with Crippen molar-refractivity contribution >= 4 is 24.0 Å². The van der Waals surface area contributed by atoms with Crippen molar-refractivity contribution in [3.05, 3.63) is 59.4 Å². The molecule has 0 unspecified atom stereocenters. The number of ether oxygens (including phenoxy) is 1. The molecule has 4 aromatic rings. The van der Waals surface area contributed by atoms with Crippen molar-refractivity contribution in [2.75, 3.05) is 0 Å². The molecule has 0 spiro atoms. The van der Waals surface area contributed by atoms with Crippen LogP contribution < -0.4 is 9.51 Å². The zero-order valence-corrected chi connectivity index (χ0v) is 18.1. The molecule has 0 fully saturated rings. The summed E-state index contributed by atoms with van der Waals surface area (Å²) in [6, 6.07) is 10.3. The molecule has 0 N–H and O–H groups in total. The van der Waals surface area contributed by atoms with Crippen LogP contribution in [0.3, 0.4) is 0 Å². The zero-order valence-electron chi connectivity index (χ0n) is 17.3. The van der Waals surface area contributed by atoms with Gasteiger partial charge in [-0.1, -0.05) is 12.1 Å². The highest BCUT2D eigenvalue weighted by Crippen LogP contribution is 2.37. The van der Waals surface area contributed by atoms with Crippen LogP contribution in [0.25, 0.3) is 33.2 Å². The minimum absolute atomic E-state index is 0.248. The van der Waals surface area contributed by atoms with Gasteiger partial charge in [0.15, 0.2) is 11.6 Å². The Balaban J connectivity index is 1.74.